The lowest BCUT2D eigenvalue weighted by atomic mass is 10.4. The molecular weight excluding hydrogens is 166 g/mol. The standard InChI is InChI=1S/C7H13NO2.ClH/c1-2-8(5-7(9)10)6-3-4-6;/h6H,2-5H2,1H3,(H,9,10);1H. The molecule has 0 saturated heterocycles. The zero-order chi connectivity index (χ0) is 7.56. The van der Waals surface area contributed by atoms with Gasteiger partial charge in [0, 0.05) is 6.04 Å². The summed E-state index contributed by atoms with van der Waals surface area (Å²) in [4.78, 5) is 12.3. The number of nitrogens with zero attached hydrogens (tertiary/aromatic N) is 1. The SMILES string of the molecule is CCN(CC(=O)O)C1CC1.Cl. The molecule has 66 valence electrons. The zero-order valence-electron chi connectivity index (χ0n) is 6.62. The van der Waals surface area contributed by atoms with Gasteiger partial charge in [0.05, 0.1) is 6.54 Å². The van der Waals surface area contributed by atoms with Gasteiger partial charge in [0.15, 0.2) is 0 Å². The number of hydrogen-bond acceptors (Lipinski definition) is 2. The van der Waals surface area contributed by atoms with Crippen LogP contribution in [0.3, 0.4) is 0 Å². The van der Waals surface area contributed by atoms with E-state index in [2.05, 4.69) is 0 Å². The third-order valence-electron chi connectivity index (χ3n) is 1.81. The molecule has 11 heavy (non-hydrogen) atoms. The lowest BCUT2D eigenvalue weighted by Gasteiger charge is -2.15. The van der Waals surface area contributed by atoms with Gasteiger partial charge in [-0.1, -0.05) is 6.92 Å². The second-order valence-electron chi connectivity index (χ2n) is 2.69. The van der Waals surface area contributed by atoms with Crippen molar-refractivity contribution in [3.8, 4) is 0 Å². The Morgan fingerprint density at radius 2 is 2.18 bits per heavy atom. The molecule has 1 rings (SSSR count). The van der Waals surface area contributed by atoms with Crippen LogP contribution in [-0.2, 0) is 4.79 Å². The molecule has 0 amide bonds. The first-order chi connectivity index (χ1) is 4.74. The van der Waals surface area contributed by atoms with Crippen LogP contribution in [0.4, 0.5) is 0 Å². The molecule has 0 spiro atoms. The molecule has 0 bridgehead atoms. The van der Waals surface area contributed by atoms with Crippen molar-refractivity contribution >= 4 is 18.4 Å². The molecular formula is C7H14ClNO2. The number of rotatable bonds is 4. The van der Waals surface area contributed by atoms with E-state index in [1.165, 1.54) is 12.8 Å². The number of carboxylic acids is 1. The minimum atomic E-state index is -0.714. The topological polar surface area (TPSA) is 40.5 Å². The van der Waals surface area contributed by atoms with E-state index in [0.717, 1.165) is 6.54 Å². The van der Waals surface area contributed by atoms with Gasteiger partial charge < -0.3 is 5.11 Å². The van der Waals surface area contributed by atoms with Gasteiger partial charge in [-0.05, 0) is 19.4 Å². The molecule has 0 aliphatic heterocycles. The van der Waals surface area contributed by atoms with E-state index in [-0.39, 0.29) is 19.0 Å². The van der Waals surface area contributed by atoms with Gasteiger partial charge in [0.2, 0.25) is 0 Å². The summed E-state index contributed by atoms with van der Waals surface area (Å²) in [6.07, 6.45) is 2.36. The number of likely N-dealkylation sites (N-methyl/N-ethyl adjacent to an activating group) is 1. The lowest BCUT2D eigenvalue weighted by Crippen LogP contribution is -2.31. The Labute approximate surface area is 72.8 Å². The first-order valence-corrected chi connectivity index (χ1v) is 3.70. The third kappa shape index (κ3) is 3.58. The van der Waals surface area contributed by atoms with E-state index < -0.39 is 5.97 Å². The fraction of sp³-hybridized carbons (Fsp3) is 0.857. The Bertz CT molecular complexity index is 136. The van der Waals surface area contributed by atoms with Crippen LogP contribution >= 0.6 is 12.4 Å². The smallest absolute Gasteiger partial charge is 0.317 e. The lowest BCUT2D eigenvalue weighted by molar-refractivity contribution is -0.138. The van der Waals surface area contributed by atoms with Crippen LogP contribution in [0, 0.1) is 0 Å². The maximum Gasteiger partial charge on any atom is 0.317 e. The summed E-state index contributed by atoms with van der Waals surface area (Å²) >= 11 is 0. The number of aliphatic carboxylic acids is 1. The van der Waals surface area contributed by atoms with E-state index in [9.17, 15) is 4.79 Å². The van der Waals surface area contributed by atoms with Crippen molar-refractivity contribution < 1.29 is 9.90 Å². The molecule has 1 saturated carbocycles. The van der Waals surface area contributed by atoms with Gasteiger partial charge >= 0.3 is 5.97 Å². The van der Waals surface area contributed by atoms with Crippen LogP contribution in [-0.4, -0.2) is 35.1 Å². The van der Waals surface area contributed by atoms with Crippen LogP contribution in [0.1, 0.15) is 19.8 Å². The average Bonchev–Trinajstić information content (AvgIpc) is 2.63. The minimum absolute atomic E-state index is 0. The molecule has 1 N–H and O–H groups in total. The first kappa shape index (κ1) is 10.7. The van der Waals surface area contributed by atoms with Crippen LogP contribution in [0.25, 0.3) is 0 Å². The number of carboxylic acid groups (broad SMARTS) is 1. The number of halogens is 1. The van der Waals surface area contributed by atoms with Gasteiger partial charge in [-0.25, -0.2) is 0 Å². The van der Waals surface area contributed by atoms with Crippen molar-refractivity contribution in [1.82, 2.24) is 4.90 Å². The molecule has 1 aliphatic rings. The van der Waals surface area contributed by atoms with Crippen LogP contribution in [0.2, 0.25) is 0 Å². The first-order valence-electron chi connectivity index (χ1n) is 3.70. The van der Waals surface area contributed by atoms with E-state index >= 15 is 0 Å². The highest BCUT2D eigenvalue weighted by molar-refractivity contribution is 5.85. The summed E-state index contributed by atoms with van der Waals surface area (Å²) in [6.45, 7) is 3.07. The van der Waals surface area contributed by atoms with Crippen molar-refractivity contribution in [2.75, 3.05) is 13.1 Å². The Hall–Kier alpha value is -0.280. The molecule has 0 aromatic carbocycles. The van der Waals surface area contributed by atoms with Gasteiger partial charge in [-0.3, -0.25) is 9.69 Å². The number of carbonyl (C=O) groups is 1. The maximum atomic E-state index is 10.3. The highest BCUT2D eigenvalue weighted by Gasteiger charge is 2.28. The van der Waals surface area contributed by atoms with Gasteiger partial charge in [-0.2, -0.15) is 0 Å². The monoisotopic (exact) mass is 179 g/mol. The van der Waals surface area contributed by atoms with E-state index in [1.54, 1.807) is 0 Å². The largest absolute Gasteiger partial charge is 0.480 e. The molecule has 0 unspecified atom stereocenters. The summed E-state index contributed by atoms with van der Waals surface area (Å²) in [6, 6.07) is 0.570. The quantitative estimate of drug-likeness (QED) is 0.700. The Morgan fingerprint density at radius 3 is 2.45 bits per heavy atom. The summed E-state index contributed by atoms with van der Waals surface area (Å²) in [5.74, 6) is -0.714. The maximum absolute atomic E-state index is 10.3. The van der Waals surface area contributed by atoms with E-state index in [1.807, 2.05) is 11.8 Å². The van der Waals surface area contributed by atoms with Crippen LogP contribution < -0.4 is 0 Å². The van der Waals surface area contributed by atoms with Crippen molar-refractivity contribution in [2.24, 2.45) is 0 Å². The van der Waals surface area contributed by atoms with Gasteiger partial charge in [0.1, 0.15) is 0 Å². The van der Waals surface area contributed by atoms with E-state index in [4.69, 9.17) is 5.11 Å². The summed E-state index contributed by atoms with van der Waals surface area (Å²) in [5.41, 5.74) is 0. The molecule has 4 heteroatoms. The van der Waals surface area contributed by atoms with Crippen molar-refractivity contribution in [1.29, 1.82) is 0 Å². The molecule has 0 aromatic rings. The predicted molar refractivity (Wildman–Crippen MR) is 45.2 cm³/mol. The molecule has 0 radical (unpaired) electrons. The van der Waals surface area contributed by atoms with Crippen LogP contribution in [0.15, 0.2) is 0 Å². The van der Waals surface area contributed by atoms with Crippen molar-refractivity contribution in [2.45, 2.75) is 25.8 Å². The second-order valence-corrected chi connectivity index (χ2v) is 2.69. The summed E-state index contributed by atoms with van der Waals surface area (Å²) in [5, 5.41) is 8.45. The Morgan fingerprint density at radius 1 is 1.64 bits per heavy atom. The van der Waals surface area contributed by atoms with Gasteiger partial charge in [-0.15, -0.1) is 12.4 Å². The molecule has 0 aromatic heterocycles. The zero-order valence-corrected chi connectivity index (χ0v) is 7.43. The van der Waals surface area contributed by atoms with Crippen molar-refractivity contribution in [3.05, 3.63) is 0 Å². The second kappa shape index (κ2) is 4.57. The fourth-order valence-corrected chi connectivity index (χ4v) is 1.11. The molecule has 0 atom stereocenters. The Balaban J connectivity index is 0.000001000. The number of hydrogen-bond donors (Lipinski definition) is 1. The minimum Gasteiger partial charge on any atom is -0.480 e. The van der Waals surface area contributed by atoms with Crippen molar-refractivity contribution in [3.63, 3.8) is 0 Å². The fourth-order valence-electron chi connectivity index (χ4n) is 1.11. The molecule has 3 nitrogen and oxygen atoms in total. The Kier molecular flexibility index (Phi) is 4.45. The highest BCUT2D eigenvalue weighted by atomic mass is 35.5. The van der Waals surface area contributed by atoms with E-state index in [0.29, 0.717) is 6.04 Å². The summed E-state index contributed by atoms with van der Waals surface area (Å²) in [7, 11) is 0. The summed E-state index contributed by atoms with van der Waals surface area (Å²) < 4.78 is 0. The molecule has 0 heterocycles. The normalized spacial score (nSPS) is 16.2. The molecule has 1 aliphatic carbocycles. The molecule has 1 fully saturated rings. The highest BCUT2D eigenvalue weighted by Crippen LogP contribution is 2.25. The van der Waals surface area contributed by atoms with Gasteiger partial charge in [0.25, 0.3) is 0 Å². The van der Waals surface area contributed by atoms with Crippen LogP contribution in [0.5, 0.6) is 0 Å². The third-order valence-corrected chi connectivity index (χ3v) is 1.81. The average molecular weight is 180 g/mol. The predicted octanol–water partition coefficient (Wildman–Crippen LogP) is 0.977.